The first kappa shape index (κ1) is 13.5. The molecule has 3 aromatic heterocycles. The van der Waals surface area contributed by atoms with Gasteiger partial charge in [0.05, 0.1) is 20.0 Å². The molecule has 6 nitrogen and oxygen atoms in total. The van der Waals surface area contributed by atoms with E-state index in [-0.39, 0.29) is 11.1 Å². The van der Waals surface area contributed by atoms with Gasteiger partial charge < -0.3 is 9.15 Å². The first-order chi connectivity index (χ1) is 11.3. The van der Waals surface area contributed by atoms with E-state index in [1.807, 2.05) is 30.3 Å². The third-order valence-electron chi connectivity index (χ3n) is 3.71. The van der Waals surface area contributed by atoms with Gasteiger partial charge in [-0.2, -0.15) is 0 Å². The summed E-state index contributed by atoms with van der Waals surface area (Å²) in [7, 11) is 1.56. The minimum atomic E-state index is -0.207. The fourth-order valence-electron chi connectivity index (χ4n) is 2.59. The Morgan fingerprint density at radius 1 is 1.22 bits per heavy atom. The van der Waals surface area contributed by atoms with Gasteiger partial charge in [0.2, 0.25) is 11.5 Å². The number of para-hydroxylation sites is 1. The van der Waals surface area contributed by atoms with Crippen LogP contribution in [0.2, 0.25) is 0 Å². The highest BCUT2D eigenvalue weighted by Gasteiger charge is 2.13. The molecule has 0 amide bonds. The summed E-state index contributed by atoms with van der Waals surface area (Å²) in [5.74, 6) is 0.508. The largest absolute Gasteiger partial charge is 0.481 e. The molecule has 0 unspecified atom stereocenters. The molecule has 0 spiro atoms. The smallest absolute Gasteiger partial charge is 0.297 e. The van der Waals surface area contributed by atoms with Crippen molar-refractivity contribution >= 4 is 22.1 Å². The number of ether oxygens (including phenoxy) is 1. The third-order valence-corrected chi connectivity index (χ3v) is 3.71. The van der Waals surface area contributed by atoms with Crippen molar-refractivity contribution in [2.24, 2.45) is 0 Å². The lowest BCUT2D eigenvalue weighted by molar-refractivity contribution is 0.397. The molecule has 4 aromatic rings. The van der Waals surface area contributed by atoms with E-state index in [4.69, 9.17) is 9.15 Å². The van der Waals surface area contributed by atoms with Crippen LogP contribution < -0.4 is 10.3 Å². The Hall–Kier alpha value is -3.15. The quantitative estimate of drug-likeness (QED) is 0.582. The summed E-state index contributed by atoms with van der Waals surface area (Å²) in [6, 6.07) is 11.1. The topological polar surface area (TPSA) is 70.2 Å². The standard InChI is InChI=1S/C17H13N3O3/c1-22-14-8-11(6-7-18-14)9-20-10-19-15-12-4-2-3-5-13(12)23-16(15)17(20)21/h2-8,10H,9H2,1H3. The number of hydrogen-bond acceptors (Lipinski definition) is 5. The molecule has 0 aliphatic rings. The predicted molar refractivity (Wildman–Crippen MR) is 85.7 cm³/mol. The molecule has 0 N–H and O–H groups in total. The van der Waals surface area contributed by atoms with Gasteiger partial charge in [-0.15, -0.1) is 0 Å². The van der Waals surface area contributed by atoms with Crippen LogP contribution in [0.5, 0.6) is 5.88 Å². The number of methoxy groups -OCH3 is 1. The molecule has 6 heteroatoms. The van der Waals surface area contributed by atoms with E-state index in [1.54, 1.807) is 25.7 Å². The van der Waals surface area contributed by atoms with Gasteiger partial charge in [0.15, 0.2) is 0 Å². The summed E-state index contributed by atoms with van der Waals surface area (Å²) < 4.78 is 12.3. The molecular weight excluding hydrogens is 294 g/mol. The summed E-state index contributed by atoms with van der Waals surface area (Å²) in [6.45, 7) is 0.373. The lowest BCUT2D eigenvalue weighted by Gasteiger charge is -2.06. The van der Waals surface area contributed by atoms with Gasteiger partial charge in [0.1, 0.15) is 11.1 Å². The van der Waals surface area contributed by atoms with Gasteiger partial charge in [-0.05, 0) is 23.8 Å². The summed E-state index contributed by atoms with van der Waals surface area (Å²) in [5, 5.41) is 0.845. The van der Waals surface area contributed by atoms with E-state index in [2.05, 4.69) is 9.97 Å². The average Bonchev–Trinajstić information content (AvgIpc) is 2.97. The SMILES string of the molecule is COc1cc(Cn2cnc3c(oc4ccccc43)c2=O)ccn1. The van der Waals surface area contributed by atoms with Crippen molar-refractivity contribution in [1.29, 1.82) is 0 Å². The summed E-state index contributed by atoms with van der Waals surface area (Å²) in [6.07, 6.45) is 3.19. The Morgan fingerprint density at radius 3 is 2.96 bits per heavy atom. The maximum Gasteiger partial charge on any atom is 0.297 e. The molecule has 0 saturated heterocycles. The van der Waals surface area contributed by atoms with E-state index in [1.165, 1.54) is 4.57 Å². The van der Waals surface area contributed by atoms with Crippen molar-refractivity contribution < 1.29 is 9.15 Å². The van der Waals surface area contributed by atoms with Crippen LogP contribution in [0.15, 0.2) is 58.1 Å². The minimum Gasteiger partial charge on any atom is -0.481 e. The van der Waals surface area contributed by atoms with Crippen LogP contribution in [0.25, 0.3) is 22.1 Å². The molecule has 0 radical (unpaired) electrons. The Kier molecular flexibility index (Phi) is 3.08. The molecule has 0 saturated carbocycles. The molecule has 0 fully saturated rings. The van der Waals surface area contributed by atoms with Crippen LogP contribution in [0.3, 0.4) is 0 Å². The van der Waals surface area contributed by atoms with Crippen molar-refractivity contribution in [2.75, 3.05) is 7.11 Å². The Morgan fingerprint density at radius 2 is 2.09 bits per heavy atom. The average molecular weight is 307 g/mol. The zero-order valence-electron chi connectivity index (χ0n) is 12.4. The second-order valence-corrected chi connectivity index (χ2v) is 5.16. The van der Waals surface area contributed by atoms with Crippen LogP contribution in [-0.4, -0.2) is 21.6 Å². The molecule has 4 rings (SSSR count). The molecule has 114 valence electrons. The lowest BCUT2D eigenvalue weighted by atomic mass is 10.2. The van der Waals surface area contributed by atoms with Gasteiger partial charge in [-0.3, -0.25) is 9.36 Å². The van der Waals surface area contributed by atoms with Crippen LogP contribution in [0.4, 0.5) is 0 Å². The van der Waals surface area contributed by atoms with Gasteiger partial charge in [-0.1, -0.05) is 12.1 Å². The van der Waals surface area contributed by atoms with Crippen molar-refractivity contribution in [3.05, 3.63) is 64.8 Å². The first-order valence-electron chi connectivity index (χ1n) is 7.12. The molecule has 0 aliphatic carbocycles. The van der Waals surface area contributed by atoms with Crippen molar-refractivity contribution in [2.45, 2.75) is 6.54 Å². The fraction of sp³-hybridized carbons (Fsp3) is 0.118. The number of rotatable bonds is 3. The predicted octanol–water partition coefficient (Wildman–Crippen LogP) is 2.59. The van der Waals surface area contributed by atoms with E-state index in [0.29, 0.717) is 23.5 Å². The summed E-state index contributed by atoms with van der Waals surface area (Å²) in [5.41, 5.74) is 2.22. The second-order valence-electron chi connectivity index (χ2n) is 5.16. The molecule has 3 heterocycles. The number of aromatic nitrogens is 3. The molecule has 0 atom stereocenters. The van der Waals surface area contributed by atoms with Crippen molar-refractivity contribution in [1.82, 2.24) is 14.5 Å². The third kappa shape index (κ3) is 2.24. The molecule has 0 bridgehead atoms. The van der Waals surface area contributed by atoms with E-state index in [9.17, 15) is 4.79 Å². The highest BCUT2D eigenvalue weighted by atomic mass is 16.5. The number of nitrogens with zero attached hydrogens (tertiary/aromatic N) is 3. The highest BCUT2D eigenvalue weighted by molar-refractivity contribution is 6.01. The molecule has 23 heavy (non-hydrogen) atoms. The molecule has 0 aliphatic heterocycles. The monoisotopic (exact) mass is 307 g/mol. The Labute approximate surface area is 131 Å². The van der Waals surface area contributed by atoms with Crippen LogP contribution >= 0.6 is 0 Å². The van der Waals surface area contributed by atoms with E-state index >= 15 is 0 Å². The first-order valence-corrected chi connectivity index (χ1v) is 7.12. The number of benzene rings is 1. The summed E-state index contributed by atoms with van der Waals surface area (Å²) in [4.78, 5) is 21.1. The maximum absolute atomic E-state index is 12.6. The van der Waals surface area contributed by atoms with E-state index < -0.39 is 0 Å². The number of fused-ring (bicyclic) bond motifs is 3. The number of pyridine rings is 1. The van der Waals surface area contributed by atoms with Crippen LogP contribution in [-0.2, 0) is 6.54 Å². The second kappa shape index (κ2) is 5.24. The maximum atomic E-state index is 12.6. The van der Waals surface area contributed by atoms with Gasteiger partial charge in [0, 0.05) is 17.6 Å². The number of furan rings is 1. The Bertz CT molecular complexity index is 1070. The van der Waals surface area contributed by atoms with Crippen molar-refractivity contribution in [3.63, 3.8) is 0 Å². The fourth-order valence-corrected chi connectivity index (χ4v) is 2.59. The zero-order valence-corrected chi connectivity index (χ0v) is 12.4. The molecular formula is C17H13N3O3. The minimum absolute atomic E-state index is 0.207. The van der Waals surface area contributed by atoms with Gasteiger partial charge >= 0.3 is 0 Å². The van der Waals surface area contributed by atoms with Gasteiger partial charge in [0.25, 0.3) is 5.56 Å². The Balaban J connectivity index is 1.83. The highest BCUT2D eigenvalue weighted by Crippen LogP contribution is 2.24. The summed E-state index contributed by atoms with van der Waals surface area (Å²) >= 11 is 0. The van der Waals surface area contributed by atoms with Crippen molar-refractivity contribution in [3.8, 4) is 5.88 Å². The lowest BCUT2D eigenvalue weighted by Crippen LogP contribution is -2.20. The normalized spacial score (nSPS) is 11.2. The zero-order chi connectivity index (χ0) is 15.8. The number of hydrogen-bond donors (Lipinski definition) is 0. The van der Waals surface area contributed by atoms with E-state index in [0.717, 1.165) is 10.9 Å². The van der Waals surface area contributed by atoms with Gasteiger partial charge in [-0.25, -0.2) is 9.97 Å². The van der Waals surface area contributed by atoms with Crippen LogP contribution in [0, 0.1) is 0 Å². The molecule has 1 aromatic carbocycles. The van der Waals surface area contributed by atoms with Crippen LogP contribution in [0.1, 0.15) is 5.56 Å².